The summed E-state index contributed by atoms with van der Waals surface area (Å²) < 4.78 is 36.4. The van der Waals surface area contributed by atoms with E-state index in [9.17, 15) is 29.4 Å². The number of aliphatic hydroxyl groups excluding tert-OH is 3. The van der Waals surface area contributed by atoms with E-state index < -0.39 is 36.5 Å². The molecule has 10 atom stereocenters. The Morgan fingerprint density at radius 1 is 0.651 bits per heavy atom. The molecule has 2 aromatic carbocycles. The fourth-order valence-corrected chi connectivity index (χ4v) is 10.3. The summed E-state index contributed by atoms with van der Waals surface area (Å²) in [5.41, 5.74) is 4.44. The normalized spacial score (nSPS) is 25.0. The van der Waals surface area contributed by atoms with Crippen molar-refractivity contribution in [2.75, 3.05) is 46.8 Å². The lowest BCUT2D eigenvalue weighted by Crippen LogP contribution is -2.29. The molecule has 0 spiro atoms. The summed E-state index contributed by atoms with van der Waals surface area (Å²) in [6.45, 7) is 3.34. The summed E-state index contributed by atoms with van der Waals surface area (Å²) in [6, 6.07) is 11.5. The van der Waals surface area contributed by atoms with E-state index in [1.165, 1.54) is 12.7 Å². The van der Waals surface area contributed by atoms with Crippen molar-refractivity contribution in [3.8, 4) is 11.5 Å². The first kappa shape index (κ1) is 49.4. The third-order valence-corrected chi connectivity index (χ3v) is 13.3. The molecule has 63 heavy (non-hydrogen) atoms. The van der Waals surface area contributed by atoms with E-state index in [2.05, 4.69) is 12.1 Å². The number of aliphatic hydroxyl groups is 3. The van der Waals surface area contributed by atoms with E-state index in [4.69, 9.17) is 48.5 Å². The molecule has 4 aliphatic carbocycles. The number of hydrogen-bond donors (Lipinski definition) is 5. The van der Waals surface area contributed by atoms with Gasteiger partial charge in [-0.05, 0) is 147 Å². The molecule has 0 bridgehead atoms. The van der Waals surface area contributed by atoms with Gasteiger partial charge in [-0.3, -0.25) is 0 Å². The molecule has 0 saturated heterocycles. The van der Waals surface area contributed by atoms with Crippen LogP contribution >= 0.6 is 0 Å². The maximum atomic E-state index is 11.8. The van der Waals surface area contributed by atoms with Gasteiger partial charge in [0.1, 0.15) is 36.9 Å². The summed E-state index contributed by atoms with van der Waals surface area (Å²) in [4.78, 5) is 45.3. The van der Waals surface area contributed by atoms with Gasteiger partial charge in [-0.1, -0.05) is 38.1 Å². The second-order valence-corrected chi connectivity index (χ2v) is 17.1. The molecule has 0 heterocycles. The van der Waals surface area contributed by atoms with E-state index in [0.717, 1.165) is 61.6 Å². The third kappa shape index (κ3) is 13.9. The van der Waals surface area contributed by atoms with Crippen molar-refractivity contribution in [3.63, 3.8) is 0 Å². The van der Waals surface area contributed by atoms with E-state index in [1.54, 1.807) is 0 Å². The Bertz CT molecular complexity index is 1800. The number of fused-ring (bicyclic) bond motifs is 4. The Morgan fingerprint density at radius 2 is 1.10 bits per heavy atom. The molecular weight excluding hydrogens is 821 g/mol. The standard InChI is InChI=1S/C24H34O8.C23H32O8/c1-3-17(32-24(28)30-10-9-29-2)7-8-18-19-11-15-5-4-6-22(31-14-23(26)27)20(15)12-16(19)13-21(18)25;1-2-16(31-23(28)29-9-8-24)6-7-17-18-10-14-4-3-5-21(30-13-22(26)27)19(14)11-15(18)12-20(17)25/h4-6,16-19,21,25H,3,7-14H2,1-2H3,(H,26,27);3-5,15-18,20,24-25H,2,6-13H2,1H3,(H,26,27)/t16-,17-,18+,19-,21+;15-,16-,17+,18-,20+/m00/s1. The summed E-state index contributed by atoms with van der Waals surface area (Å²) in [7, 11) is 1.54. The Morgan fingerprint density at radius 3 is 1.49 bits per heavy atom. The number of carboxylic acid groups (broad SMARTS) is 2. The van der Waals surface area contributed by atoms with Crippen LogP contribution in [0.2, 0.25) is 0 Å². The Balaban J connectivity index is 0.000000238. The molecule has 0 amide bonds. The van der Waals surface area contributed by atoms with Crippen molar-refractivity contribution in [2.45, 2.75) is 115 Å². The van der Waals surface area contributed by atoms with E-state index in [1.807, 2.05) is 38.1 Å². The van der Waals surface area contributed by atoms with Gasteiger partial charge in [0, 0.05) is 7.11 Å². The van der Waals surface area contributed by atoms with Crippen molar-refractivity contribution in [1.82, 2.24) is 0 Å². The molecule has 2 fully saturated rings. The Labute approximate surface area is 369 Å². The van der Waals surface area contributed by atoms with Gasteiger partial charge < -0.3 is 58.7 Å². The minimum absolute atomic E-state index is 0.0854. The van der Waals surface area contributed by atoms with Gasteiger partial charge in [-0.25, -0.2) is 19.2 Å². The molecule has 0 unspecified atom stereocenters. The maximum Gasteiger partial charge on any atom is 0.508 e. The van der Waals surface area contributed by atoms with Gasteiger partial charge >= 0.3 is 24.2 Å². The van der Waals surface area contributed by atoms with Crippen LogP contribution in [0.5, 0.6) is 11.5 Å². The highest BCUT2D eigenvalue weighted by molar-refractivity contribution is 5.69. The molecule has 6 rings (SSSR count). The molecule has 2 aromatic rings. The molecule has 2 saturated carbocycles. The smallest absolute Gasteiger partial charge is 0.482 e. The van der Waals surface area contributed by atoms with Crippen LogP contribution in [0.3, 0.4) is 0 Å². The summed E-state index contributed by atoms with van der Waals surface area (Å²) in [6.07, 6.45) is 6.02. The molecule has 4 aliphatic rings. The number of aliphatic carboxylic acids is 2. The molecule has 0 aliphatic heterocycles. The molecule has 16 heteroatoms. The van der Waals surface area contributed by atoms with Gasteiger partial charge in [0.05, 0.1) is 25.4 Å². The largest absolute Gasteiger partial charge is 0.508 e. The first-order valence-electron chi connectivity index (χ1n) is 22.4. The topological polar surface area (TPSA) is 234 Å². The lowest BCUT2D eigenvalue weighted by atomic mass is 9.73. The number of carbonyl (C=O) groups is 4. The van der Waals surface area contributed by atoms with Crippen molar-refractivity contribution < 1.29 is 77.9 Å². The highest BCUT2D eigenvalue weighted by atomic mass is 16.7. The zero-order chi connectivity index (χ0) is 45.5. The van der Waals surface area contributed by atoms with Crippen LogP contribution in [-0.2, 0) is 59.0 Å². The molecule has 5 N–H and O–H groups in total. The van der Waals surface area contributed by atoms with Crippen LogP contribution in [0.15, 0.2) is 36.4 Å². The molecule has 350 valence electrons. The van der Waals surface area contributed by atoms with E-state index in [0.29, 0.717) is 73.9 Å². The minimum atomic E-state index is -1.00. The number of ether oxygens (including phenoxy) is 7. The van der Waals surface area contributed by atoms with Gasteiger partial charge in [0.25, 0.3) is 0 Å². The number of methoxy groups -OCH3 is 1. The van der Waals surface area contributed by atoms with Crippen LogP contribution in [-0.4, -0.2) is 121 Å². The highest BCUT2D eigenvalue weighted by Gasteiger charge is 2.46. The quantitative estimate of drug-likeness (QED) is 0.0738. The molecule has 0 aromatic heterocycles. The van der Waals surface area contributed by atoms with Gasteiger partial charge in [0.15, 0.2) is 13.2 Å². The van der Waals surface area contributed by atoms with E-state index in [-0.39, 0.29) is 57.1 Å². The average molecular weight is 887 g/mol. The molecule has 0 radical (unpaired) electrons. The first-order valence-corrected chi connectivity index (χ1v) is 22.4. The zero-order valence-electron chi connectivity index (χ0n) is 36.7. The van der Waals surface area contributed by atoms with Crippen LogP contribution in [0.4, 0.5) is 9.59 Å². The fraction of sp³-hybridized carbons (Fsp3) is 0.660. The predicted octanol–water partition coefficient (Wildman–Crippen LogP) is 5.79. The average Bonchev–Trinajstić information content (AvgIpc) is 3.74. The predicted molar refractivity (Wildman–Crippen MR) is 227 cm³/mol. The van der Waals surface area contributed by atoms with Crippen LogP contribution in [0.25, 0.3) is 0 Å². The number of benzene rings is 2. The van der Waals surface area contributed by atoms with Crippen LogP contribution in [0, 0.1) is 35.5 Å². The van der Waals surface area contributed by atoms with Crippen LogP contribution < -0.4 is 9.47 Å². The number of carboxylic acids is 2. The summed E-state index contributed by atoms with van der Waals surface area (Å²) in [5.74, 6) is 0.833. The summed E-state index contributed by atoms with van der Waals surface area (Å²) >= 11 is 0. The van der Waals surface area contributed by atoms with Crippen molar-refractivity contribution in [1.29, 1.82) is 0 Å². The van der Waals surface area contributed by atoms with Crippen molar-refractivity contribution in [2.24, 2.45) is 35.5 Å². The van der Waals surface area contributed by atoms with Crippen molar-refractivity contribution >= 4 is 24.2 Å². The molecule has 16 nitrogen and oxygen atoms in total. The van der Waals surface area contributed by atoms with E-state index >= 15 is 0 Å². The number of rotatable bonds is 21. The van der Waals surface area contributed by atoms with Gasteiger partial charge in [-0.2, -0.15) is 0 Å². The molecular formula is C47H66O16. The zero-order valence-corrected chi connectivity index (χ0v) is 36.7. The first-order chi connectivity index (χ1) is 30.3. The van der Waals surface area contributed by atoms with Crippen LogP contribution in [0.1, 0.15) is 87.5 Å². The maximum absolute atomic E-state index is 11.8. The SMILES string of the molecule is CC[C@@H](CC[C@@H]1[C@H]2Cc3cccc(OCC(=O)O)c3C[C@H]2C[C@H]1O)OC(=O)OCCO.CC[C@@H](CC[C@@H]1[C@H]2Cc3cccc(OCC(=O)O)c3C[C@H]2C[C@H]1O)OC(=O)OCCOC. The monoisotopic (exact) mass is 886 g/mol. The summed E-state index contributed by atoms with van der Waals surface area (Å²) in [5, 5.41) is 48.1. The van der Waals surface area contributed by atoms with Gasteiger partial charge in [0.2, 0.25) is 0 Å². The second-order valence-electron chi connectivity index (χ2n) is 17.1. The lowest BCUT2D eigenvalue weighted by Gasteiger charge is -2.32. The lowest BCUT2D eigenvalue weighted by molar-refractivity contribution is -0.140. The third-order valence-electron chi connectivity index (χ3n) is 13.3. The Kier molecular flexibility index (Phi) is 19.1. The van der Waals surface area contributed by atoms with Crippen molar-refractivity contribution in [3.05, 3.63) is 58.7 Å². The highest BCUT2D eigenvalue weighted by Crippen LogP contribution is 2.50. The Hall–Kier alpha value is -4.64. The van der Waals surface area contributed by atoms with Gasteiger partial charge in [-0.15, -0.1) is 0 Å². The second kappa shape index (κ2) is 24.4. The number of carbonyl (C=O) groups excluding carboxylic acids is 2. The number of hydrogen-bond acceptors (Lipinski definition) is 14. The minimum Gasteiger partial charge on any atom is -0.482 e. The fourth-order valence-electron chi connectivity index (χ4n) is 10.3.